The van der Waals surface area contributed by atoms with Crippen molar-refractivity contribution in [3.63, 3.8) is 0 Å². The Balaban J connectivity index is 2.70. The SMILES string of the molecule is CCC(N)Cc1cc(F)ccc1OCCC(C)(C)C. The highest BCUT2D eigenvalue weighted by molar-refractivity contribution is 5.34. The second-order valence-electron chi connectivity index (χ2n) is 6.28. The van der Waals surface area contributed by atoms with Gasteiger partial charge < -0.3 is 10.5 Å². The zero-order valence-corrected chi connectivity index (χ0v) is 12.5. The van der Waals surface area contributed by atoms with E-state index < -0.39 is 0 Å². The first kappa shape index (κ1) is 16.0. The van der Waals surface area contributed by atoms with Crippen LogP contribution < -0.4 is 10.5 Å². The summed E-state index contributed by atoms with van der Waals surface area (Å²) in [7, 11) is 0. The van der Waals surface area contributed by atoms with E-state index in [0.29, 0.717) is 13.0 Å². The van der Waals surface area contributed by atoms with Gasteiger partial charge in [-0.15, -0.1) is 0 Å². The summed E-state index contributed by atoms with van der Waals surface area (Å²) in [6, 6.07) is 4.72. The van der Waals surface area contributed by atoms with Crippen molar-refractivity contribution in [2.45, 2.75) is 53.0 Å². The molecular weight excluding hydrogens is 241 g/mol. The summed E-state index contributed by atoms with van der Waals surface area (Å²) in [5.41, 5.74) is 7.04. The first-order valence-electron chi connectivity index (χ1n) is 6.98. The van der Waals surface area contributed by atoms with Gasteiger partial charge in [0.05, 0.1) is 6.61 Å². The molecule has 0 saturated carbocycles. The fourth-order valence-corrected chi connectivity index (χ4v) is 1.74. The van der Waals surface area contributed by atoms with Crippen LogP contribution in [-0.2, 0) is 6.42 Å². The molecule has 0 aromatic heterocycles. The predicted octanol–water partition coefficient (Wildman–Crippen LogP) is 3.92. The summed E-state index contributed by atoms with van der Waals surface area (Å²) in [5.74, 6) is 0.524. The molecule has 0 heterocycles. The Morgan fingerprint density at radius 2 is 2.00 bits per heavy atom. The maximum atomic E-state index is 13.3. The molecule has 1 rings (SSSR count). The molecule has 0 spiro atoms. The van der Waals surface area contributed by atoms with Gasteiger partial charge in [-0.1, -0.05) is 27.7 Å². The van der Waals surface area contributed by atoms with Crippen LogP contribution in [0.3, 0.4) is 0 Å². The molecule has 2 nitrogen and oxygen atoms in total. The molecule has 0 bridgehead atoms. The zero-order chi connectivity index (χ0) is 14.5. The minimum Gasteiger partial charge on any atom is -0.493 e. The molecule has 0 aliphatic heterocycles. The van der Waals surface area contributed by atoms with Crippen LogP contribution in [0.25, 0.3) is 0 Å². The second kappa shape index (κ2) is 6.90. The lowest BCUT2D eigenvalue weighted by Gasteiger charge is -2.19. The molecule has 0 fully saturated rings. The Morgan fingerprint density at radius 1 is 1.32 bits per heavy atom. The van der Waals surface area contributed by atoms with Crippen LogP contribution in [0.5, 0.6) is 5.75 Å². The van der Waals surface area contributed by atoms with E-state index in [4.69, 9.17) is 10.5 Å². The van der Waals surface area contributed by atoms with Gasteiger partial charge in [-0.3, -0.25) is 0 Å². The van der Waals surface area contributed by atoms with Crippen LogP contribution in [0, 0.1) is 11.2 Å². The Kier molecular flexibility index (Phi) is 5.80. The van der Waals surface area contributed by atoms with Crippen molar-refractivity contribution in [2.75, 3.05) is 6.61 Å². The normalized spacial score (nSPS) is 13.4. The van der Waals surface area contributed by atoms with E-state index in [1.54, 1.807) is 6.07 Å². The number of ether oxygens (including phenoxy) is 1. The molecule has 1 atom stereocenters. The fourth-order valence-electron chi connectivity index (χ4n) is 1.74. The van der Waals surface area contributed by atoms with E-state index in [2.05, 4.69) is 20.8 Å². The standard InChI is InChI=1S/C16H26FNO/c1-5-14(18)11-12-10-13(17)6-7-15(12)19-9-8-16(2,3)4/h6-7,10,14H,5,8-9,11,18H2,1-4H3. The summed E-state index contributed by atoms with van der Waals surface area (Å²) in [6.45, 7) is 9.20. The molecule has 3 heteroatoms. The van der Waals surface area contributed by atoms with E-state index in [1.165, 1.54) is 12.1 Å². The van der Waals surface area contributed by atoms with Gasteiger partial charge in [0.1, 0.15) is 11.6 Å². The molecule has 19 heavy (non-hydrogen) atoms. The smallest absolute Gasteiger partial charge is 0.123 e. The largest absolute Gasteiger partial charge is 0.493 e. The number of hydrogen-bond acceptors (Lipinski definition) is 2. The Bertz CT molecular complexity index is 398. The minimum atomic E-state index is -0.235. The summed E-state index contributed by atoms with van der Waals surface area (Å²) in [6.07, 6.45) is 2.49. The molecule has 2 N–H and O–H groups in total. The Hall–Kier alpha value is -1.09. The lowest BCUT2D eigenvalue weighted by Crippen LogP contribution is -2.22. The topological polar surface area (TPSA) is 35.2 Å². The molecule has 0 aliphatic carbocycles. The zero-order valence-electron chi connectivity index (χ0n) is 12.5. The molecule has 0 aliphatic rings. The first-order chi connectivity index (χ1) is 8.81. The van der Waals surface area contributed by atoms with Gasteiger partial charge >= 0.3 is 0 Å². The number of nitrogens with two attached hydrogens (primary N) is 1. The minimum absolute atomic E-state index is 0.0479. The Morgan fingerprint density at radius 3 is 2.58 bits per heavy atom. The maximum absolute atomic E-state index is 13.3. The number of hydrogen-bond donors (Lipinski definition) is 1. The monoisotopic (exact) mass is 267 g/mol. The Labute approximate surface area is 116 Å². The third-order valence-electron chi connectivity index (χ3n) is 3.14. The van der Waals surface area contributed by atoms with Gasteiger partial charge in [0.25, 0.3) is 0 Å². The fraction of sp³-hybridized carbons (Fsp3) is 0.625. The van der Waals surface area contributed by atoms with E-state index in [-0.39, 0.29) is 17.3 Å². The molecule has 1 aromatic carbocycles. The highest BCUT2D eigenvalue weighted by atomic mass is 19.1. The van der Waals surface area contributed by atoms with Crippen LogP contribution in [0.1, 0.15) is 46.1 Å². The quantitative estimate of drug-likeness (QED) is 0.848. The van der Waals surface area contributed by atoms with Gasteiger partial charge in [0, 0.05) is 6.04 Å². The lowest BCUT2D eigenvalue weighted by atomic mass is 9.93. The first-order valence-corrected chi connectivity index (χ1v) is 6.98. The van der Waals surface area contributed by atoms with Crippen LogP contribution in [0.15, 0.2) is 18.2 Å². The molecule has 108 valence electrons. The second-order valence-corrected chi connectivity index (χ2v) is 6.28. The highest BCUT2D eigenvalue weighted by Gasteiger charge is 2.12. The third kappa shape index (κ3) is 6.06. The van der Waals surface area contributed by atoms with Gasteiger partial charge in [-0.05, 0) is 48.4 Å². The van der Waals surface area contributed by atoms with Crippen LogP contribution >= 0.6 is 0 Å². The summed E-state index contributed by atoms with van der Waals surface area (Å²) >= 11 is 0. The molecule has 0 amide bonds. The van der Waals surface area contributed by atoms with Crippen molar-refractivity contribution >= 4 is 0 Å². The van der Waals surface area contributed by atoms with Crippen molar-refractivity contribution in [1.29, 1.82) is 0 Å². The summed E-state index contributed by atoms with van der Waals surface area (Å²) in [4.78, 5) is 0. The average Bonchev–Trinajstić information content (AvgIpc) is 2.30. The van der Waals surface area contributed by atoms with Crippen molar-refractivity contribution < 1.29 is 9.13 Å². The van der Waals surface area contributed by atoms with Gasteiger partial charge in [0.15, 0.2) is 0 Å². The van der Waals surface area contributed by atoms with Crippen molar-refractivity contribution in [2.24, 2.45) is 11.1 Å². The average molecular weight is 267 g/mol. The molecule has 1 unspecified atom stereocenters. The number of halogens is 1. The molecule has 0 radical (unpaired) electrons. The van der Waals surface area contributed by atoms with Gasteiger partial charge in [-0.25, -0.2) is 4.39 Å². The van der Waals surface area contributed by atoms with Crippen LogP contribution in [0.2, 0.25) is 0 Å². The van der Waals surface area contributed by atoms with E-state index in [1.807, 2.05) is 6.92 Å². The lowest BCUT2D eigenvalue weighted by molar-refractivity contribution is 0.241. The maximum Gasteiger partial charge on any atom is 0.123 e. The van der Waals surface area contributed by atoms with E-state index in [9.17, 15) is 4.39 Å². The van der Waals surface area contributed by atoms with E-state index >= 15 is 0 Å². The summed E-state index contributed by atoms with van der Waals surface area (Å²) in [5, 5.41) is 0. The molecular formula is C16H26FNO. The number of benzene rings is 1. The van der Waals surface area contributed by atoms with Crippen LogP contribution in [-0.4, -0.2) is 12.6 Å². The van der Waals surface area contributed by atoms with Gasteiger partial charge in [0.2, 0.25) is 0 Å². The third-order valence-corrected chi connectivity index (χ3v) is 3.14. The van der Waals surface area contributed by atoms with Crippen LogP contribution in [0.4, 0.5) is 4.39 Å². The highest BCUT2D eigenvalue weighted by Crippen LogP contribution is 2.24. The van der Waals surface area contributed by atoms with Gasteiger partial charge in [-0.2, -0.15) is 0 Å². The molecule has 0 saturated heterocycles. The predicted molar refractivity (Wildman–Crippen MR) is 77.9 cm³/mol. The van der Waals surface area contributed by atoms with E-state index in [0.717, 1.165) is 24.2 Å². The van der Waals surface area contributed by atoms with Crippen molar-refractivity contribution in [1.82, 2.24) is 0 Å². The number of rotatable bonds is 6. The van der Waals surface area contributed by atoms with Crippen molar-refractivity contribution in [3.05, 3.63) is 29.6 Å². The van der Waals surface area contributed by atoms with Crippen molar-refractivity contribution in [3.8, 4) is 5.75 Å². The molecule has 1 aromatic rings. The summed E-state index contributed by atoms with van der Waals surface area (Å²) < 4.78 is 19.1.